The van der Waals surface area contributed by atoms with Crippen LogP contribution in [0.15, 0.2) is 60.4 Å². The average Bonchev–Trinajstić information content (AvgIpc) is 2.57. The maximum atomic E-state index is 12.1. The van der Waals surface area contributed by atoms with Crippen molar-refractivity contribution in [3.05, 3.63) is 66.0 Å². The van der Waals surface area contributed by atoms with Crippen molar-refractivity contribution in [1.82, 2.24) is 0 Å². The predicted molar refractivity (Wildman–Crippen MR) is 92.4 cm³/mol. The van der Waals surface area contributed by atoms with Crippen LogP contribution in [-0.2, 0) is 20.7 Å². The molecule has 1 aliphatic rings. The molecule has 0 atom stereocenters. The number of rotatable bonds is 6. The second kappa shape index (κ2) is 8.29. The third kappa shape index (κ3) is 5.23. The number of allylic oxidation sites excluding steroid dienone is 2. The number of carbonyl (C=O) groups excluding carboxylic acids is 2. The molecular weight excluding hydrogens is 304 g/mol. The van der Waals surface area contributed by atoms with Crippen LogP contribution in [0.25, 0.3) is 0 Å². The van der Waals surface area contributed by atoms with Crippen LogP contribution in [0.1, 0.15) is 38.2 Å². The highest BCUT2D eigenvalue weighted by atomic mass is 16.5. The highest BCUT2D eigenvalue weighted by Gasteiger charge is 2.14. The first kappa shape index (κ1) is 17.7. The Morgan fingerprint density at radius 1 is 1.04 bits per heavy atom. The Bertz CT molecular complexity index is 680. The number of benzene rings is 1. The van der Waals surface area contributed by atoms with E-state index in [9.17, 15) is 9.59 Å². The van der Waals surface area contributed by atoms with Crippen LogP contribution in [0.2, 0.25) is 0 Å². The van der Waals surface area contributed by atoms with E-state index < -0.39 is 5.97 Å². The van der Waals surface area contributed by atoms with Crippen LogP contribution in [0.3, 0.4) is 0 Å². The van der Waals surface area contributed by atoms with Gasteiger partial charge in [0.2, 0.25) is 0 Å². The van der Waals surface area contributed by atoms with Gasteiger partial charge < -0.3 is 9.47 Å². The van der Waals surface area contributed by atoms with E-state index in [1.165, 1.54) is 0 Å². The summed E-state index contributed by atoms with van der Waals surface area (Å²) >= 11 is 0. The molecule has 126 valence electrons. The molecule has 0 fully saturated rings. The molecule has 0 bridgehead atoms. The first-order chi connectivity index (χ1) is 11.5. The standard InChI is InChI=1S/C20H22O4/c1-14(2)19(21)23-18-11-9-16(10-12-18)13-15(3)20(22)24-17-7-5-4-6-8-17/h7,9-12H,1,3-6,8,13H2,2H3. The molecule has 0 aliphatic heterocycles. The largest absolute Gasteiger partial charge is 0.428 e. The summed E-state index contributed by atoms with van der Waals surface area (Å²) in [5.74, 6) is 0.333. The fourth-order valence-corrected chi connectivity index (χ4v) is 2.28. The van der Waals surface area contributed by atoms with Gasteiger partial charge in [-0.3, -0.25) is 0 Å². The zero-order valence-corrected chi connectivity index (χ0v) is 14.0. The van der Waals surface area contributed by atoms with Crippen LogP contribution in [0.4, 0.5) is 0 Å². The molecule has 0 N–H and O–H groups in total. The van der Waals surface area contributed by atoms with E-state index in [1.807, 2.05) is 6.08 Å². The topological polar surface area (TPSA) is 52.6 Å². The van der Waals surface area contributed by atoms with Crippen molar-refractivity contribution in [2.75, 3.05) is 0 Å². The summed E-state index contributed by atoms with van der Waals surface area (Å²) in [5, 5.41) is 0. The molecule has 0 aromatic heterocycles. The van der Waals surface area contributed by atoms with E-state index in [2.05, 4.69) is 13.2 Å². The summed E-state index contributed by atoms with van der Waals surface area (Å²) in [5.41, 5.74) is 1.63. The van der Waals surface area contributed by atoms with Gasteiger partial charge in [0, 0.05) is 24.0 Å². The van der Waals surface area contributed by atoms with Crippen LogP contribution in [0.5, 0.6) is 5.75 Å². The second-order valence-electron chi connectivity index (χ2n) is 5.90. The number of hydrogen-bond acceptors (Lipinski definition) is 4. The van der Waals surface area contributed by atoms with Gasteiger partial charge in [0.15, 0.2) is 0 Å². The van der Waals surface area contributed by atoms with E-state index >= 15 is 0 Å². The molecule has 24 heavy (non-hydrogen) atoms. The quantitative estimate of drug-likeness (QED) is 0.445. The monoisotopic (exact) mass is 326 g/mol. The molecule has 0 saturated carbocycles. The van der Waals surface area contributed by atoms with Crippen molar-refractivity contribution in [2.45, 2.75) is 39.0 Å². The minimum Gasteiger partial charge on any atom is -0.428 e. The molecule has 1 aliphatic carbocycles. The summed E-state index contributed by atoms with van der Waals surface area (Å²) in [4.78, 5) is 23.5. The molecule has 2 rings (SSSR count). The van der Waals surface area contributed by atoms with Gasteiger partial charge in [-0.15, -0.1) is 0 Å². The molecule has 0 heterocycles. The highest BCUT2D eigenvalue weighted by molar-refractivity contribution is 5.89. The van der Waals surface area contributed by atoms with Gasteiger partial charge >= 0.3 is 11.9 Å². The minimum absolute atomic E-state index is 0.340. The zero-order valence-electron chi connectivity index (χ0n) is 14.0. The molecule has 4 heteroatoms. The van der Waals surface area contributed by atoms with E-state index in [1.54, 1.807) is 31.2 Å². The molecule has 0 saturated heterocycles. The lowest BCUT2D eigenvalue weighted by Crippen LogP contribution is -2.10. The number of ether oxygens (including phenoxy) is 2. The summed E-state index contributed by atoms with van der Waals surface area (Å²) in [6.45, 7) is 8.94. The van der Waals surface area contributed by atoms with Gasteiger partial charge in [0.25, 0.3) is 0 Å². The van der Waals surface area contributed by atoms with E-state index in [4.69, 9.17) is 9.47 Å². The highest BCUT2D eigenvalue weighted by Crippen LogP contribution is 2.20. The molecule has 4 nitrogen and oxygen atoms in total. The van der Waals surface area contributed by atoms with E-state index in [0.717, 1.165) is 37.0 Å². The Morgan fingerprint density at radius 2 is 1.75 bits per heavy atom. The first-order valence-electron chi connectivity index (χ1n) is 8.01. The maximum Gasteiger partial charge on any atom is 0.338 e. The van der Waals surface area contributed by atoms with Crippen LogP contribution < -0.4 is 4.74 Å². The summed E-state index contributed by atoms with van der Waals surface area (Å²) in [6, 6.07) is 6.94. The summed E-state index contributed by atoms with van der Waals surface area (Å²) in [7, 11) is 0. The van der Waals surface area contributed by atoms with E-state index in [-0.39, 0.29) is 5.97 Å². The van der Waals surface area contributed by atoms with Crippen molar-refractivity contribution in [2.24, 2.45) is 0 Å². The molecular formula is C20H22O4. The fraction of sp³-hybridized carbons (Fsp3) is 0.300. The van der Waals surface area contributed by atoms with Gasteiger partial charge in [0.05, 0.1) is 0 Å². The van der Waals surface area contributed by atoms with Gasteiger partial charge in [-0.05, 0) is 50.0 Å². The lowest BCUT2D eigenvalue weighted by Gasteiger charge is -2.13. The number of hydrogen-bond donors (Lipinski definition) is 0. The molecule has 0 spiro atoms. The van der Waals surface area contributed by atoms with Crippen molar-refractivity contribution < 1.29 is 19.1 Å². The van der Waals surface area contributed by atoms with Gasteiger partial charge in [-0.2, -0.15) is 0 Å². The summed E-state index contributed by atoms with van der Waals surface area (Å²) in [6.07, 6.45) is 6.32. The summed E-state index contributed by atoms with van der Waals surface area (Å²) < 4.78 is 10.5. The Hall–Kier alpha value is -2.62. The smallest absolute Gasteiger partial charge is 0.338 e. The van der Waals surface area contributed by atoms with Crippen molar-refractivity contribution in [3.63, 3.8) is 0 Å². The Labute approximate surface area is 142 Å². The SMILES string of the molecule is C=C(C)C(=O)Oc1ccc(CC(=C)C(=O)OC2=CCCCC2)cc1. The maximum absolute atomic E-state index is 12.1. The second-order valence-corrected chi connectivity index (χ2v) is 5.90. The van der Waals surface area contributed by atoms with Crippen LogP contribution in [-0.4, -0.2) is 11.9 Å². The minimum atomic E-state index is -0.462. The molecule has 0 unspecified atom stereocenters. The van der Waals surface area contributed by atoms with Crippen molar-refractivity contribution in [3.8, 4) is 5.75 Å². The zero-order chi connectivity index (χ0) is 17.5. The number of carbonyl (C=O) groups is 2. The first-order valence-corrected chi connectivity index (χ1v) is 8.01. The van der Waals surface area contributed by atoms with Crippen LogP contribution in [0, 0.1) is 0 Å². The fourth-order valence-electron chi connectivity index (χ4n) is 2.28. The molecule has 1 aromatic rings. The average molecular weight is 326 g/mol. The predicted octanol–water partition coefficient (Wildman–Crippen LogP) is 4.27. The van der Waals surface area contributed by atoms with Gasteiger partial charge in [-0.25, -0.2) is 9.59 Å². The molecule has 1 aromatic carbocycles. The lowest BCUT2D eigenvalue weighted by molar-refractivity contribution is -0.135. The number of esters is 2. The lowest BCUT2D eigenvalue weighted by atomic mass is 10.1. The van der Waals surface area contributed by atoms with Crippen molar-refractivity contribution in [1.29, 1.82) is 0 Å². The Morgan fingerprint density at radius 3 is 2.33 bits per heavy atom. The normalized spacial score (nSPS) is 13.6. The van der Waals surface area contributed by atoms with Gasteiger partial charge in [-0.1, -0.05) is 25.3 Å². The van der Waals surface area contributed by atoms with Crippen molar-refractivity contribution >= 4 is 11.9 Å². The molecule has 0 amide bonds. The third-order valence-electron chi connectivity index (χ3n) is 3.66. The van der Waals surface area contributed by atoms with Crippen LogP contribution >= 0.6 is 0 Å². The van der Waals surface area contributed by atoms with Gasteiger partial charge in [0.1, 0.15) is 11.5 Å². The molecule has 0 radical (unpaired) electrons. The Kier molecular flexibility index (Phi) is 6.13. The third-order valence-corrected chi connectivity index (χ3v) is 3.66. The Balaban J connectivity index is 1.89. The van der Waals surface area contributed by atoms with E-state index in [0.29, 0.717) is 23.3 Å².